The molecule has 0 fully saturated rings. The summed E-state index contributed by atoms with van der Waals surface area (Å²) in [5, 5.41) is 19.9. The molecule has 1 aromatic carbocycles. The number of benzene rings is 1. The van der Waals surface area contributed by atoms with Crippen LogP contribution in [-0.4, -0.2) is 26.2 Å². The maximum absolute atomic E-state index is 11.8. The molecule has 3 rings (SSSR count). The van der Waals surface area contributed by atoms with Crippen LogP contribution in [0.25, 0.3) is 22.2 Å². The van der Waals surface area contributed by atoms with Gasteiger partial charge in [0.05, 0.1) is 5.69 Å². The summed E-state index contributed by atoms with van der Waals surface area (Å²) in [5.41, 5.74) is 0.822. The first kappa shape index (κ1) is 13.0. The Balaban J connectivity index is 2.27. The van der Waals surface area contributed by atoms with E-state index in [-0.39, 0.29) is 0 Å². The van der Waals surface area contributed by atoms with E-state index in [9.17, 15) is 14.7 Å². The monoisotopic (exact) mass is 284 g/mol. The molecule has 0 amide bonds. The van der Waals surface area contributed by atoms with E-state index in [1.54, 1.807) is 19.2 Å². The molecule has 0 aliphatic carbocycles. The van der Waals surface area contributed by atoms with Gasteiger partial charge in [-0.05, 0) is 24.4 Å². The predicted octanol–water partition coefficient (Wildman–Crippen LogP) is 2.24. The summed E-state index contributed by atoms with van der Waals surface area (Å²) < 4.78 is 0. The van der Waals surface area contributed by atoms with Crippen molar-refractivity contribution >= 4 is 16.9 Å². The molecule has 106 valence electrons. The van der Waals surface area contributed by atoms with Crippen LogP contribution in [0.15, 0.2) is 35.3 Å². The normalized spacial score (nSPS) is 10.9. The largest absolute Gasteiger partial charge is 0.506 e. The standard InChI is InChI=1S/C15H12N2O4/c1-7-12(17-14(19)11(13(7)18)15(20)21)9-3-2-8-4-5-16-10(8)6-9/h2-6,16H,1H3,(H,20,21)(H2,17,18,19). The number of H-pyrrole nitrogens is 2. The van der Waals surface area contributed by atoms with Crippen LogP contribution in [0.2, 0.25) is 0 Å². The van der Waals surface area contributed by atoms with Crippen molar-refractivity contribution in [2.45, 2.75) is 6.92 Å². The predicted molar refractivity (Wildman–Crippen MR) is 77.7 cm³/mol. The fourth-order valence-electron chi connectivity index (χ4n) is 2.37. The number of nitrogens with one attached hydrogen (secondary N) is 2. The Hall–Kier alpha value is -3.02. The Labute approximate surface area is 118 Å². The van der Waals surface area contributed by atoms with Crippen molar-refractivity contribution < 1.29 is 15.0 Å². The Morgan fingerprint density at radius 2 is 2.00 bits per heavy atom. The van der Waals surface area contributed by atoms with Crippen LogP contribution in [-0.2, 0) is 0 Å². The minimum atomic E-state index is -1.46. The van der Waals surface area contributed by atoms with E-state index in [4.69, 9.17) is 5.11 Å². The van der Waals surface area contributed by atoms with E-state index in [1.807, 2.05) is 18.2 Å². The summed E-state index contributed by atoms with van der Waals surface area (Å²) in [4.78, 5) is 28.4. The zero-order valence-corrected chi connectivity index (χ0v) is 11.1. The van der Waals surface area contributed by atoms with E-state index < -0.39 is 22.8 Å². The number of aromatic carboxylic acids is 1. The summed E-state index contributed by atoms with van der Waals surface area (Å²) in [7, 11) is 0. The van der Waals surface area contributed by atoms with Gasteiger partial charge in [-0.3, -0.25) is 4.79 Å². The molecule has 0 atom stereocenters. The highest BCUT2D eigenvalue weighted by atomic mass is 16.4. The van der Waals surface area contributed by atoms with Crippen LogP contribution >= 0.6 is 0 Å². The average Bonchev–Trinajstić information content (AvgIpc) is 2.89. The third-order valence-electron chi connectivity index (χ3n) is 3.49. The smallest absolute Gasteiger partial charge is 0.345 e. The van der Waals surface area contributed by atoms with Gasteiger partial charge in [0.15, 0.2) is 5.56 Å². The van der Waals surface area contributed by atoms with Crippen molar-refractivity contribution in [2.75, 3.05) is 0 Å². The van der Waals surface area contributed by atoms with Gasteiger partial charge in [-0.2, -0.15) is 0 Å². The van der Waals surface area contributed by atoms with Crippen molar-refractivity contribution in [3.8, 4) is 17.0 Å². The van der Waals surface area contributed by atoms with Gasteiger partial charge in [-0.25, -0.2) is 4.79 Å². The van der Waals surface area contributed by atoms with Crippen molar-refractivity contribution in [3.63, 3.8) is 0 Å². The fourth-order valence-corrected chi connectivity index (χ4v) is 2.37. The number of carboxylic acids is 1. The van der Waals surface area contributed by atoms with Crippen LogP contribution in [0, 0.1) is 6.92 Å². The molecule has 3 aromatic rings. The number of rotatable bonds is 2. The molecule has 0 unspecified atom stereocenters. The highest BCUT2D eigenvalue weighted by molar-refractivity contribution is 5.92. The molecule has 0 aliphatic heterocycles. The molecular formula is C15H12N2O4. The highest BCUT2D eigenvalue weighted by Gasteiger charge is 2.20. The molecule has 6 heteroatoms. The van der Waals surface area contributed by atoms with E-state index in [0.717, 1.165) is 10.9 Å². The van der Waals surface area contributed by atoms with Crippen LogP contribution in [0.4, 0.5) is 0 Å². The Kier molecular flexibility index (Phi) is 2.79. The fraction of sp³-hybridized carbons (Fsp3) is 0.0667. The number of aromatic hydroxyl groups is 1. The molecule has 0 radical (unpaired) electrons. The van der Waals surface area contributed by atoms with E-state index >= 15 is 0 Å². The van der Waals surface area contributed by atoms with Gasteiger partial charge < -0.3 is 20.2 Å². The minimum absolute atomic E-state index is 0.318. The number of hydrogen-bond donors (Lipinski definition) is 4. The summed E-state index contributed by atoms with van der Waals surface area (Å²) in [6, 6.07) is 7.42. The summed E-state index contributed by atoms with van der Waals surface area (Å²) in [6.45, 7) is 1.56. The molecule has 21 heavy (non-hydrogen) atoms. The van der Waals surface area contributed by atoms with Crippen LogP contribution in [0.3, 0.4) is 0 Å². The third kappa shape index (κ3) is 1.97. The molecule has 2 aromatic heterocycles. The highest BCUT2D eigenvalue weighted by Crippen LogP contribution is 2.29. The second-order valence-corrected chi connectivity index (χ2v) is 4.76. The molecule has 6 nitrogen and oxygen atoms in total. The lowest BCUT2D eigenvalue weighted by Gasteiger charge is -2.10. The number of hydrogen-bond acceptors (Lipinski definition) is 3. The van der Waals surface area contributed by atoms with E-state index in [0.29, 0.717) is 16.8 Å². The zero-order valence-electron chi connectivity index (χ0n) is 11.1. The molecule has 2 heterocycles. The molecule has 0 saturated carbocycles. The maximum atomic E-state index is 11.8. The second kappa shape index (κ2) is 4.52. The van der Waals surface area contributed by atoms with Crippen molar-refractivity contribution in [1.29, 1.82) is 0 Å². The summed E-state index contributed by atoms with van der Waals surface area (Å²) in [6.07, 6.45) is 1.80. The number of fused-ring (bicyclic) bond motifs is 1. The lowest BCUT2D eigenvalue weighted by Crippen LogP contribution is -2.19. The number of carbonyl (C=O) groups is 1. The molecule has 0 saturated heterocycles. The van der Waals surface area contributed by atoms with E-state index in [1.165, 1.54) is 0 Å². The van der Waals surface area contributed by atoms with Crippen molar-refractivity contribution in [3.05, 3.63) is 51.9 Å². The first-order valence-electron chi connectivity index (χ1n) is 6.25. The third-order valence-corrected chi connectivity index (χ3v) is 3.49. The number of aromatic nitrogens is 2. The Morgan fingerprint density at radius 3 is 2.71 bits per heavy atom. The molecule has 0 bridgehead atoms. The van der Waals surface area contributed by atoms with Gasteiger partial charge in [0.25, 0.3) is 5.56 Å². The molecule has 4 N–H and O–H groups in total. The topological polar surface area (TPSA) is 106 Å². The average molecular weight is 284 g/mol. The lowest BCUT2D eigenvalue weighted by molar-refractivity contribution is 0.0691. The molecule has 0 spiro atoms. The number of aromatic amines is 2. The lowest BCUT2D eigenvalue weighted by atomic mass is 10.0. The van der Waals surface area contributed by atoms with Crippen LogP contribution in [0.1, 0.15) is 15.9 Å². The van der Waals surface area contributed by atoms with Gasteiger partial charge in [0, 0.05) is 22.8 Å². The zero-order chi connectivity index (χ0) is 15.1. The first-order chi connectivity index (χ1) is 9.99. The van der Waals surface area contributed by atoms with Crippen molar-refractivity contribution in [2.24, 2.45) is 0 Å². The summed E-state index contributed by atoms with van der Waals surface area (Å²) in [5.74, 6) is -1.96. The second-order valence-electron chi connectivity index (χ2n) is 4.76. The van der Waals surface area contributed by atoms with Gasteiger partial charge >= 0.3 is 5.97 Å². The minimum Gasteiger partial charge on any atom is -0.506 e. The van der Waals surface area contributed by atoms with Gasteiger partial charge in [0.1, 0.15) is 5.75 Å². The van der Waals surface area contributed by atoms with Crippen LogP contribution in [0.5, 0.6) is 5.75 Å². The Bertz CT molecular complexity index is 921. The quantitative estimate of drug-likeness (QED) is 0.579. The summed E-state index contributed by atoms with van der Waals surface area (Å²) >= 11 is 0. The maximum Gasteiger partial charge on any atom is 0.345 e. The SMILES string of the molecule is Cc1c(-c2ccc3cc[nH]c3c2)[nH]c(=O)c(C(=O)O)c1O. The van der Waals surface area contributed by atoms with Gasteiger partial charge in [0.2, 0.25) is 0 Å². The van der Waals surface area contributed by atoms with Gasteiger partial charge in [-0.15, -0.1) is 0 Å². The van der Waals surface area contributed by atoms with Crippen LogP contribution < -0.4 is 5.56 Å². The van der Waals surface area contributed by atoms with E-state index in [2.05, 4.69) is 9.97 Å². The molecular weight excluding hydrogens is 272 g/mol. The van der Waals surface area contributed by atoms with Gasteiger partial charge in [-0.1, -0.05) is 12.1 Å². The Morgan fingerprint density at radius 1 is 1.24 bits per heavy atom. The number of carboxylic acid groups (broad SMARTS) is 1. The molecule has 0 aliphatic rings. The first-order valence-corrected chi connectivity index (χ1v) is 6.25. The van der Waals surface area contributed by atoms with Crippen molar-refractivity contribution in [1.82, 2.24) is 9.97 Å². The number of pyridine rings is 1.